The van der Waals surface area contributed by atoms with Crippen LogP contribution in [0.3, 0.4) is 0 Å². The van der Waals surface area contributed by atoms with Gasteiger partial charge in [0.2, 0.25) is 0 Å². The van der Waals surface area contributed by atoms with Crippen LogP contribution in [0, 0.1) is 5.41 Å². The third kappa shape index (κ3) is 17.7. The first kappa shape index (κ1) is 50.6. The summed E-state index contributed by atoms with van der Waals surface area (Å²) in [5, 5.41) is 28.0. The number of aliphatic hydroxyl groups excluding tert-OH is 3. The maximum atomic E-state index is 12.9. The molecule has 0 aliphatic heterocycles. The Balaban J connectivity index is 1.40. The Hall–Kier alpha value is -5.72. The quantitative estimate of drug-likeness (QED) is 0.0565. The van der Waals surface area contributed by atoms with Crippen molar-refractivity contribution in [1.82, 2.24) is 0 Å². The zero-order valence-electron chi connectivity index (χ0n) is 35.4. The van der Waals surface area contributed by atoms with Gasteiger partial charge in [-0.2, -0.15) is 0 Å². The Morgan fingerprint density at radius 1 is 0.565 bits per heavy atom. The van der Waals surface area contributed by atoms with Crippen molar-refractivity contribution in [2.45, 2.75) is 65.3 Å². The van der Waals surface area contributed by atoms with Crippen LogP contribution >= 0.6 is 0 Å². The number of hydrogen-bond donors (Lipinski definition) is 3. The number of carbonyl (C=O) groups excluding carboxylic acids is 6. The van der Waals surface area contributed by atoms with Gasteiger partial charge in [0.1, 0.15) is 39.1 Å². The molecule has 3 aromatic carbocycles. The average Bonchev–Trinajstić information content (AvgIpc) is 3.27. The van der Waals surface area contributed by atoms with Gasteiger partial charge in [-0.25, -0.2) is 19.2 Å². The van der Waals surface area contributed by atoms with Crippen LogP contribution in [0.15, 0.2) is 72.8 Å². The zero-order chi connectivity index (χ0) is 45.5. The lowest BCUT2D eigenvalue weighted by atomic mass is 9.88. The summed E-state index contributed by atoms with van der Waals surface area (Å²) in [4.78, 5) is 75.4. The number of hydrogen-bond acceptors (Lipinski definition) is 17. The fraction of sp³-hybridized carbons (Fsp3) is 0.467. The standard InChI is InChI=1S/C45H56O17/c1-5-45(27-48,28-59-39(49)21-33-8-6-9-34(20-33)22-40(50)62-30(2)24-47)29-60-42(52)36-14-12-35(13-15-36)41(51)57-25-31(3)61-32(4)26-58-44(54)38-11-7-10-37(23-38)43(53)56-19-18-55-17-16-46/h6-15,20,23,30-32,46-48H,5,16-19,21-22,24-29H2,1-4H3. The van der Waals surface area contributed by atoms with Crippen LogP contribution in [-0.2, 0) is 60.3 Å². The molecular weight excluding hydrogens is 812 g/mol. The summed E-state index contributed by atoms with van der Waals surface area (Å²) in [6.45, 7) is 5.26. The van der Waals surface area contributed by atoms with Crippen molar-refractivity contribution in [3.05, 3.63) is 106 Å². The molecule has 0 saturated heterocycles. The number of benzene rings is 3. The fourth-order valence-electron chi connectivity index (χ4n) is 5.51. The number of aliphatic hydroxyl groups is 3. The van der Waals surface area contributed by atoms with E-state index in [1.54, 1.807) is 52.0 Å². The van der Waals surface area contributed by atoms with E-state index in [1.165, 1.54) is 48.5 Å². The van der Waals surface area contributed by atoms with Crippen molar-refractivity contribution in [2.75, 3.05) is 66.1 Å². The highest BCUT2D eigenvalue weighted by Gasteiger charge is 2.32. The lowest BCUT2D eigenvalue weighted by molar-refractivity contribution is -0.149. The summed E-state index contributed by atoms with van der Waals surface area (Å²) < 4.78 is 42.7. The van der Waals surface area contributed by atoms with E-state index in [-0.39, 0.29) is 94.6 Å². The van der Waals surface area contributed by atoms with Gasteiger partial charge in [0.25, 0.3) is 0 Å². The Morgan fingerprint density at radius 3 is 1.63 bits per heavy atom. The van der Waals surface area contributed by atoms with Crippen LogP contribution in [0.1, 0.15) is 86.7 Å². The van der Waals surface area contributed by atoms with Crippen molar-refractivity contribution < 1.29 is 82.0 Å². The van der Waals surface area contributed by atoms with Crippen LogP contribution in [0.2, 0.25) is 0 Å². The number of ether oxygens (including phenoxy) is 8. The predicted octanol–water partition coefficient (Wildman–Crippen LogP) is 3.46. The van der Waals surface area contributed by atoms with Crippen molar-refractivity contribution in [2.24, 2.45) is 5.41 Å². The topological polar surface area (TPSA) is 237 Å². The minimum Gasteiger partial charge on any atom is -0.465 e. The van der Waals surface area contributed by atoms with E-state index in [1.807, 2.05) is 0 Å². The van der Waals surface area contributed by atoms with Gasteiger partial charge >= 0.3 is 35.8 Å². The molecular formula is C45H56O17. The first-order valence-corrected chi connectivity index (χ1v) is 20.1. The Bertz CT molecular complexity index is 1910. The number of rotatable bonds is 27. The van der Waals surface area contributed by atoms with Gasteiger partial charge in [-0.05, 0) is 80.8 Å². The van der Waals surface area contributed by atoms with Gasteiger partial charge in [0.05, 0.1) is 85.8 Å². The molecule has 3 rings (SSSR count). The SMILES string of the molecule is CCC(CO)(COC(=O)Cc1cccc(CC(=O)OC(C)CO)c1)COC(=O)c1ccc(C(=O)OCC(C)OC(C)COC(=O)c2cccc(C(=O)OCCOCCO)c2)cc1. The van der Waals surface area contributed by atoms with Crippen LogP contribution in [0.4, 0.5) is 0 Å². The maximum absolute atomic E-state index is 12.9. The van der Waals surface area contributed by atoms with Crippen molar-refractivity contribution in [3.8, 4) is 0 Å². The lowest BCUT2D eigenvalue weighted by Crippen LogP contribution is -2.37. The molecule has 0 radical (unpaired) electrons. The zero-order valence-corrected chi connectivity index (χ0v) is 35.4. The molecule has 17 nitrogen and oxygen atoms in total. The van der Waals surface area contributed by atoms with Crippen LogP contribution < -0.4 is 0 Å². The number of esters is 6. The first-order chi connectivity index (χ1) is 29.7. The predicted molar refractivity (Wildman–Crippen MR) is 219 cm³/mol. The molecule has 3 aromatic rings. The van der Waals surface area contributed by atoms with Crippen molar-refractivity contribution >= 4 is 35.8 Å². The van der Waals surface area contributed by atoms with Crippen LogP contribution in [0.5, 0.6) is 0 Å². The molecule has 62 heavy (non-hydrogen) atoms. The molecule has 3 N–H and O–H groups in total. The molecule has 0 aromatic heterocycles. The third-order valence-corrected chi connectivity index (χ3v) is 9.16. The highest BCUT2D eigenvalue weighted by atomic mass is 16.6. The Kier molecular flexibility index (Phi) is 21.7. The summed E-state index contributed by atoms with van der Waals surface area (Å²) in [7, 11) is 0. The summed E-state index contributed by atoms with van der Waals surface area (Å²) in [6.07, 6.45) is -1.63. The van der Waals surface area contributed by atoms with E-state index >= 15 is 0 Å². The molecule has 4 atom stereocenters. The summed E-state index contributed by atoms with van der Waals surface area (Å²) in [5.74, 6) is -3.84. The van der Waals surface area contributed by atoms with Gasteiger partial charge in [-0.1, -0.05) is 37.3 Å². The lowest BCUT2D eigenvalue weighted by Gasteiger charge is -2.29. The fourth-order valence-corrected chi connectivity index (χ4v) is 5.51. The van der Waals surface area contributed by atoms with Crippen LogP contribution in [-0.4, -0.2) is 136 Å². The second-order valence-electron chi connectivity index (χ2n) is 14.5. The molecule has 0 heterocycles. The second-order valence-corrected chi connectivity index (χ2v) is 14.5. The van der Waals surface area contributed by atoms with Crippen molar-refractivity contribution in [3.63, 3.8) is 0 Å². The third-order valence-electron chi connectivity index (χ3n) is 9.16. The van der Waals surface area contributed by atoms with Crippen molar-refractivity contribution in [1.29, 1.82) is 0 Å². The Morgan fingerprint density at radius 2 is 1.08 bits per heavy atom. The molecule has 0 spiro atoms. The molecule has 0 bridgehead atoms. The monoisotopic (exact) mass is 868 g/mol. The van der Waals surface area contributed by atoms with Gasteiger partial charge in [0.15, 0.2) is 0 Å². The van der Waals surface area contributed by atoms with Gasteiger partial charge in [-0.3, -0.25) is 9.59 Å². The minimum absolute atomic E-state index is 0.0195. The molecule has 0 saturated carbocycles. The van der Waals surface area contributed by atoms with E-state index in [0.717, 1.165) is 0 Å². The molecule has 338 valence electrons. The molecule has 0 fully saturated rings. The van der Waals surface area contributed by atoms with E-state index < -0.39 is 66.1 Å². The smallest absolute Gasteiger partial charge is 0.338 e. The van der Waals surface area contributed by atoms with Gasteiger partial charge in [-0.15, -0.1) is 0 Å². The average molecular weight is 869 g/mol. The van der Waals surface area contributed by atoms with E-state index in [0.29, 0.717) is 17.5 Å². The maximum Gasteiger partial charge on any atom is 0.338 e. The minimum atomic E-state index is -1.08. The largest absolute Gasteiger partial charge is 0.465 e. The number of carbonyl (C=O) groups is 6. The van der Waals surface area contributed by atoms with E-state index in [2.05, 4.69) is 0 Å². The highest BCUT2D eigenvalue weighted by molar-refractivity contribution is 5.95. The van der Waals surface area contributed by atoms with Gasteiger partial charge < -0.3 is 53.2 Å². The summed E-state index contributed by atoms with van der Waals surface area (Å²) in [5.41, 5.74) is 0.698. The highest BCUT2D eigenvalue weighted by Crippen LogP contribution is 2.24. The molecule has 0 aliphatic carbocycles. The molecule has 4 unspecified atom stereocenters. The summed E-state index contributed by atoms with van der Waals surface area (Å²) >= 11 is 0. The molecule has 0 aliphatic rings. The van der Waals surface area contributed by atoms with Gasteiger partial charge in [0, 0.05) is 0 Å². The van der Waals surface area contributed by atoms with E-state index in [9.17, 15) is 33.9 Å². The first-order valence-electron chi connectivity index (χ1n) is 20.1. The summed E-state index contributed by atoms with van der Waals surface area (Å²) in [6, 6.07) is 18.2. The van der Waals surface area contributed by atoms with E-state index in [4.69, 9.17) is 48.1 Å². The molecule has 0 amide bonds. The Labute approximate surface area is 360 Å². The normalized spacial score (nSPS) is 13.4. The second kappa shape index (κ2) is 26.6. The molecule has 17 heteroatoms. The van der Waals surface area contributed by atoms with Crippen LogP contribution in [0.25, 0.3) is 0 Å².